The van der Waals surface area contributed by atoms with Gasteiger partial charge in [-0.25, -0.2) is 0 Å². The SMILES string of the molecule is C[C@H]1[C@@H]([Si](C)(C)C)C(=S)N1C. The molecule has 0 N–H and O–H groups in total. The lowest BCUT2D eigenvalue weighted by atomic mass is 10.1. The van der Waals surface area contributed by atoms with E-state index in [1.54, 1.807) is 0 Å². The molecule has 0 bridgehead atoms. The number of thiocarbonyl (C=S) groups is 1. The average molecular weight is 187 g/mol. The molecule has 0 spiro atoms. The molecule has 1 heterocycles. The summed E-state index contributed by atoms with van der Waals surface area (Å²) in [6.07, 6.45) is 0. The normalized spacial score (nSPS) is 32.1. The molecule has 0 amide bonds. The lowest BCUT2D eigenvalue weighted by Crippen LogP contribution is -2.60. The summed E-state index contributed by atoms with van der Waals surface area (Å²) in [7, 11) is 1.08. The van der Waals surface area contributed by atoms with Crippen molar-refractivity contribution in [2.45, 2.75) is 38.1 Å². The molecule has 1 aliphatic rings. The van der Waals surface area contributed by atoms with Crippen molar-refractivity contribution >= 4 is 25.3 Å². The highest BCUT2D eigenvalue weighted by atomic mass is 32.1. The third-order valence-electron chi connectivity index (χ3n) is 2.64. The van der Waals surface area contributed by atoms with Gasteiger partial charge in [-0.2, -0.15) is 0 Å². The van der Waals surface area contributed by atoms with E-state index >= 15 is 0 Å². The Bertz CT molecular complexity index is 185. The molecule has 0 radical (unpaired) electrons. The van der Waals surface area contributed by atoms with Crippen molar-refractivity contribution in [1.82, 2.24) is 4.90 Å². The number of nitrogens with zero attached hydrogens (tertiary/aromatic N) is 1. The van der Waals surface area contributed by atoms with E-state index in [0.29, 0.717) is 6.04 Å². The Labute approximate surface area is 75.8 Å². The van der Waals surface area contributed by atoms with Crippen molar-refractivity contribution in [3.05, 3.63) is 0 Å². The molecule has 1 rings (SSSR count). The lowest BCUT2D eigenvalue weighted by Gasteiger charge is -2.51. The van der Waals surface area contributed by atoms with Crippen LogP contribution in [0.15, 0.2) is 0 Å². The molecule has 2 atom stereocenters. The Kier molecular flexibility index (Phi) is 2.14. The monoisotopic (exact) mass is 187 g/mol. The molecule has 0 unspecified atom stereocenters. The van der Waals surface area contributed by atoms with Gasteiger partial charge in [-0.05, 0) is 6.92 Å². The molecule has 3 heteroatoms. The minimum Gasteiger partial charge on any atom is -0.366 e. The van der Waals surface area contributed by atoms with Gasteiger partial charge in [0.15, 0.2) is 0 Å². The molecule has 0 saturated carbocycles. The Balaban J connectivity index is 2.71. The highest BCUT2D eigenvalue weighted by Gasteiger charge is 2.45. The van der Waals surface area contributed by atoms with E-state index < -0.39 is 8.07 Å². The van der Waals surface area contributed by atoms with Crippen molar-refractivity contribution in [2.75, 3.05) is 7.05 Å². The quantitative estimate of drug-likeness (QED) is 0.458. The predicted octanol–water partition coefficient (Wildman–Crippen LogP) is 2.36. The Morgan fingerprint density at radius 1 is 1.36 bits per heavy atom. The third-order valence-corrected chi connectivity index (χ3v) is 6.01. The fraction of sp³-hybridized carbons (Fsp3) is 0.875. The minimum absolute atomic E-state index is 0.689. The summed E-state index contributed by atoms with van der Waals surface area (Å²) in [4.78, 5) is 3.41. The summed E-state index contributed by atoms with van der Waals surface area (Å²) < 4.78 is 0. The topological polar surface area (TPSA) is 3.24 Å². The van der Waals surface area contributed by atoms with Crippen molar-refractivity contribution in [1.29, 1.82) is 0 Å². The van der Waals surface area contributed by atoms with E-state index in [1.807, 2.05) is 0 Å². The number of hydrogen-bond donors (Lipinski definition) is 0. The van der Waals surface area contributed by atoms with E-state index in [0.717, 1.165) is 5.54 Å². The molecule has 11 heavy (non-hydrogen) atoms. The maximum absolute atomic E-state index is 5.31. The molecule has 0 aliphatic carbocycles. The largest absolute Gasteiger partial charge is 0.366 e. The predicted molar refractivity (Wildman–Crippen MR) is 56.9 cm³/mol. The molecule has 1 fully saturated rings. The fourth-order valence-electron chi connectivity index (χ4n) is 1.86. The van der Waals surface area contributed by atoms with Gasteiger partial charge in [0, 0.05) is 18.6 Å². The third kappa shape index (κ3) is 1.36. The summed E-state index contributed by atoms with van der Waals surface area (Å²) in [6, 6.07) is 0.689. The molecule has 0 aromatic heterocycles. The van der Waals surface area contributed by atoms with Gasteiger partial charge < -0.3 is 4.90 Å². The van der Waals surface area contributed by atoms with Crippen molar-refractivity contribution < 1.29 is 0 Å². The van der Waals surface area contributed by atoms with Crippen molar-refractivity contribution in [2.24, 2.45) is 0 Å². The van der Waals surface area contributed by atoms with Crippen LogP contribution >= 0.6 is 12.2 Å². The van der Waals surface area contributed by atoms with Crippen LogP contribution in [0.5, 0.6) is 0 Å². The number of hydrogen-bond acceptors (Lipinski definition) is 1. The van der Waals surface area contributed by atoms with Crippen molar-refractivity contribution in [3.8, 4) is 0 Å². The van der Waals surface area contributed by atoms with Crippen LogP contribution in [0.25, 0.3) is 0 Å². The first-order valence-electron chi connectivity index (χ1n) is 4.12. The Hall–Kier alpha value is 0.107. The molecular formula is C8H17NSSi. The van der Waals surface area contributed by atoms with E-state index in [1.165, 1.54) is 4.99 Å². The van der Waals surface area contributed by atoms with E-state index in [9.17, 15) is 0 Å². The summed E-state index contributed by atoms with van der Waals surface area (Å²) in [5, 5.41) is 0. The second-order valence-corrected chi connectivity index (χ2v) is 10.3. The van der Waals surface area contributed by atoms with Crippen molar-refractivity contribution in [3.63, 3.8) is 0 Å². The summed E-state index contributed by atoms with van der Waals surface area (Å²) in [5.74, 6) is 0. The molecule has 64 valence electrons. The fourth-order valence-corrected chi connectivity index (χ4v) is 5.90. The van der Waals surface area contributed by atoms with Crippen LogP contribution < -0.4 is 0 Å². The van der Waals surface area contributed by atoms with E-state index in [2.05, 4.69) is 38.5 Å². The Morgan fingerprint density at radius 2 is 1.82 bits per heavy atom. The molecule has 0 aromatic carbocycles. The van der Waals surface area contributed by atoms with Gasteiger partial charge in [0.2, 0.25) is 0 Å². The standard InChI is InChI=1S/C8H17NSSi/c1-6-7(11(3,4)5)8(10)9(6)2/h6-7H,1-5H3/t6-,7+/m0/s1. The first-order valence-corrected chi connectivity index (χ1v) is 8.11. The summed E-state index contributed by atoms with van der Waals surface area (Å²) >= 11 is 5.31. The smallest absolute Gasteiger partial charge is 0.0803 e. The van der Waals surface area contributed by atoms with Gasteiger partial charge in [-0.1, -0.05) is 31.9 Å². The van der Waals surface area contributed by atoms with Crippen LogP contribution in [0.1, 0.15) is 6.92 Å². The van der Waals surface area contributed by atoms with Crippen LogP contribution in [-0.4, -0.2) is 31.1 Å². The van der Waals surface area contributed by atoms with Gasteiger partial charge in [0.25, 0.3) is 0 Å². The zero-order valence-electron chi connectivity index (χ0n) is 8.01. The number of likely N-dealkylation sites (tertiary alicyclic amines) is 1. The lowest BCUT2D eigenvalue weighted by molar-refractivity contribution is 0.322. The minimum atomic E-state index is -1.02. The molecule has 1 nitrogen and oxygen atoms in total. The first-order chi connectivity index (χ1) is 4.85. The second-order valence-electron chi connectivity index (χ2n) is 4.53. The zero-order valence-corrected chi connectivity index (χ0v) is 9.83. The van der Waals surface area contributed by atoms with Gasteiger partial charge in [-0.15, -0.1) is 0 Å². The Morgan fingerprint density at radius 3 is 2.00 bits per heavy atom. The second kappa shape index (κ2) is 2.56. The van der Waals surface area contributed by atoms with Crippen LogP contribution in [-0.2, 0) is 0 Å². The van der Waals surface area contributed by atoms with Gasteiger partial charge in [0.05, 0.1) is 13.1 Å². The summed E-state index contributed by atoms with van der Waals surface area (Å²) in [5.41, 5.74) is 0.738. The van der Waals surface area contributed by atoms with Gasteiger partial charge in [0.1, 0.15) is 0 Å². The molecule has 1 saturated heterocycles. The highest BCUT2D eigenvalue weighted by Crippen LogP contribution is 2.39. The molecule has 1 aliphatic heterocycles. The van der Waals surface area contributed by atoms with E-state index in [4.69, 9.17) is 12.2 Å². The average Bonchev–Trinajstić information content (AvgIpc) is 1.85. The van der Waals surface area contributed by atoms with Gasteiger partial charge in [-0.3, -0.25) is 0 Å². The van der Waals surface area contributed by atoms with Crippen LogP contribution in [0.4, 0.5) is 0 Å². The maximum Gasteiger partial charge on any atom is 0.0803 e. The zero-order chi connectivity index (χ0) is 8.81. The highest BCUT2D eigenvalue weighted by molar-refractivity contribution is 7.80. The summed E-state index contributed by atoms with van der Waals surface area (Å²) in [6.45, 7) is 9.47. The van der Waals surface area contributed by atoms with Crippen LogP contribution in [0.3, 0.4) is 0 Å². The number of rotatable bonds is 1. The first kappa shape index (κ1) is 9.20. The van der Waals surface area contributed by atoms with Crippen LogP contribution in [0, 0.1) is 0 Å². The van der Waals surface area contributed by atoms with Gasteiger partial charge >= 0.3 is 0 Å². The maximum atomic E-state index is 5.31. The molecule has 0 aromatic rings. The van der Waals surface area contributed by atoms with Crippen LogP contribution in [0.2, 0.25) is 25.2 Å². The van der Waals surface area contributed by atoms with E-state index in [-0.39, 0.29) is 0 Å². The molecular weight excluding hydrogens is 170 g/mol.